The van der Waals surface area contributed by atoms with Crippen molar-refractivity contribution < 1.29 is 28.7 Å². The maximum Gasteiger partial charge on any atom is 0.338 e. The number of benzene rings is 2. The number of nitrogens with zero attached hydrogens (tertiary/aromatic N) is 1. The van der Waals surface area contributed by atoms with Crippen LogP contribution in [0.25, 0.3) is 6.08 Å². The predicted molar refractivity (Wildman–Crippen MR) is 121 cm³/mol. The van der Waals surface area contributed by atoms with Gasteiger partial charge in [-0.25, -0.2) is 4.79 Å². The molecule has 3 rings (SSSR count). The van der Waals surface area contributed by atoms with Crippen molar-refractivity contribution in [2.24, 2.45) is 0 Å². The Kier molecular flexibility index (Phi) is 7.67. The number of carbonyl (C=O) groups excluding carboxylic acids is 4. The van der Waals surface area contributed by atoms with Gasteiger partial charge in [0.25, 0.3) is 11.1 Å². The van der Waals surface area contributed by atoms with E-state index in [9.17, 15) is 19.2 Å². The first kappa shape index (κ1) is 23.1. The maximum absolute atomic E-state index is 12.6. The van der Waals surface area contributed by atoms with E-state index in [1.54, 1.807) is 68.6 Å². The van der Waals surface area contributed by atoms with Crippen molar-refractivity contribution in [2.45, 2.75) is 13.3 Å². The number of hydrogen-bond acceptors (Lipinski definition) is 7. The summed E-state index contributed by atoms with van der Waals surface area (Å²) in [4.78, 5) is 50.1. The number of anilines is 1. The highest BCUT2D eigenvalue weighted by atomic mass is 32.2. The van der Waals surface area contributed by atoms with Crippen LogP contribution in [0.15, 0.2) is 53.4 Å². The minimum absolute atomic E-state index is 0.0304. The summed E-state index contributed by atoms with van der Waals surface area (Å²) < 4.78 is 10.0. The fourth-order valence-electron chi connectivity index (χ4n) is 2.89. The Balaban J connectivity index is 1.55. The van der Waals surface area contributed by atoms with E-state index < -0.39 is 17.1 Å². The third kappa shape index (κ3) is 5.76. The van der Waals surface area contributed by atoms with E-state index in [1.807, 2.05) is 0 Å². The van der Waals surface area contributed by atoms with Gasteiger partial charge in [0.15, 0.2) is 0 Å². The number of amides is 3. The first-order chi connectivity index (χ1) is 15.4. The third-order valence-corrected chi connectivity index (χ3v) is 5.44. The zero-order valence-corrected chi connectivity index (χ0v) is 18.4. The van der Waals surface area contributed by atoms with Crippen LogP contribution in [0, 0.1) is 0 Å². The van der Waals surface area contributed by atoms with Crippen LogP contribution in [0.4, 0.5) is 10.5 Å². The molecule has 0 radical (unpaired) electrons. The minimum atomic E-state index is -0.438. The van der Waals surface area contributed by atoms with Gasteiger partial charge in [-0.3, -0.25) is 19.3 Å². The zero-order valence-electron chi connectivity index (χ0n) is 17.6. The van der Waals surface area contributed by atoms with Crippen molar-refractivity contribution in [1.82, 2.24) is 4.90 Å². The molecule has 1 saturated heterocycles. The van der Waals surface area contributed by atoms with E-state index in [0.717, 1.165) is 22.2 Å². The van der Waals surface area contributed by atoms with Gasteiger partial charge in [0.2, 0.25) is 5.91 Å². The molecular weight excluding hydrogens is 432 g/mol. The molecule has 9 heteroatoms. The second-order valence-corrected chi connectivity index (χ2v) is 7.70. The molecule has 0 bridgehead atoms. The molecular formula is C23H22N2O6S. The number of ether oxygens (including phenoxy) is 2. The predicted octanol–water partition coefficient (Wildman–Crippen LogP) is 3.94. The lowest BCUT2D eigenvalue weighted by atomic mass is 10.2. The highest BCUT2D eigenvalue weighted by Gasteiger charge is 2.35. The van der Waals surface area contributed by atoms with E-state index in [0.29, 0.717) is 21.9 Å². The van der Waals surface area contributed by atoms with Crippen molar-refractivity contribution in [1.29, 1.82) is 0 Å². The third-order valence-electron chi connectivity index (χ3n) is 4.53. The monoisotopic (exact) mass is 454 g/mol. The van der Waals surface area contributed by atoms with Crippen LogP contribution in [0.3, 0.4) is 0 Å². The molecule has 1 fully saturated rings. The van der Waals surface area contributed by atoms with Crippen LogP contribution in [0.2, 0.25) is 0 Å². The Labute approximate surface area is 189 Å². The summed E-state index contributed by atoms with van der Waals surface area (Å²) >= 11 is 0.842. The van der Waals surface area contributed by atoms with Gasteiger partial charge in [-0.15, -0.1) is 0 Å². The average molecular weight is 455 g/mol. The number of nitrogens with one attached hydrogen (secondary N) is 1. The largest absolute Gasteiger partial charge is 0.497 e. The summed E-state index contributed by atoms with van der Waals surface area (Å²) in [5.41, 5.74) is 1.64. The van der Waals surface area contributed by atoms with Gasteiger partial charge in [0.05, 0.1) is 24.2 Å². The summed E-state index contributed by atoms with van der Waals surface area (Å²) in [6.07, 6.45) is 1.59. The highest BCUT2D eigenvalue weighted by molar-refractivity contribution is 8.18. The lowest BCUT2D eigenvalue weighted by Crippen LogP contribution is -2.31. The highest BCUT2D eigenvalue weighted by Crippen LogP contribution is 2.32. The molecule has 32 heavy (non-hydrogen) atoms. The first-order valence-electron chi connectivity index (χ1n) is 9.87. The minimum Gasteiger partial charge on any atom is -0.497 e. The van der Waals surface area contributed by atoms with Crippen LogP contribution in [-0.2, 0) is 14.3 Å². The Morgan fingerprint density at radius 2 is 1.75 bits per heavy atom. The molecule has 0 unspecified atom stereocenters. The molecule has 0 aliphatic carbocycles. The van der Waals surface area contributed by atoms with Gasteiger partial charge in [-0.2, -0.15) is 0 Å². The van der Waals surface area contributed by atoms with E-state index in [-0.39, 0.29) is 25.5 Å². The molecule has 1 aliphatic rings. The van der Waals surface area contributed by atoms with E-state index >= 15 is 0 Å². The summed E-state index contributed by atoms with van der Waals surface area (Å²) in [5, 5.41) is 2.27. The van der Waals surface area contributed by atoms with Crippen LogP contribution in [0.1, 0.15) is 29.3 Å². The number of imide groups is 1. The van der Waals surface area contributed by atoms with Crippen molar-refractivity contribution in [3.05, 3.63) is 64.6 Å². The topological polar surface area (TPSA) is 102 Å². The van der Waals surface area contributed by atoms with Crippen LogP contribution in [0.5, 0.6) is 5.75 Å². The fourth-order valence-corrected chi connectivity index (χ4v) is 3.75. The summed E-state index contributed by atoms with van der Waals surface area (Å²) in [5.74, 6) is -0.529. The number of methoxy groups -OCH3 is 1. The first-order valence-corrected chi connectivity index (χ1v) is 10.7. The molecule has 0 aromatic heterocycles. The van der Waals surface area contributed by atoms with E-state index in [4.69, 9.17) is 9.47 Å². The normalized spacial score (nSPS) is 14.6. The van der Waals surface area contributed by atoms with Gasteiger partial charge in [-0.05, 0) is 66.7 Å². The molecule has 3 amide bonds. The standard InChI is InChI=1S/C23H22N2O6S/c1-3-31-22(28)16-6-8-17(9-7-16)24-20(26)12-13-25-21(27)19(32-23(25)29)14-15-4-10-18(30-2)11-5-15/h4-11,14H,3,12-13H2,1-2H3,(H,24,26). The SMILES string of the molecule is CCOC(=O)c1ccc(NC(=O)CCN2C(=O)SC(=Cc3ccc(OC)cc3)C2=O)cc1. The summed E-state index contributed by atoms with van der Waals surface area (Å²) in [6.45, 7) is 1.97. The van der Waals surface area contributed by atoms with Gasteiger partial charge in [0, 0.05) is 18.7 Å². The van der Waals surface area contributed by atoms with Gasteiger partial charge >= 0.3 is 5.97 Å². The number of carbonyl (C=O) groups is 4. The maximum atomic E-state index is 12.6. The average Bonchev–Trinajstić information content (AvgIpc) is 3.05. The lowest BCUT2D eigenvalue weighted by Gasteiger charge is -2.12. The second kappa shape index (κ2) is 10.6. The Hall–Kier alpha value is -3.59. The smallest absolute Gasteiger partial charge is 0.338 e. The molecule has 2 aromatic carbocycles. The summed E-state index contributed by atoms with van der Waals surface area (Å²) in [7, 11) is 1.56. The van der Waals surface area contributed by atoms with E-state index in [1.165, 1.54) is 0 Å². The van der Waals surface area contributed by atoms with Crippen LogP contribution >= 0.6 is 11.8 Å². The van der Waals surface area contributed by atoms with E-state index in [2.05, 4.69) is 5.32 Å². The van der Waals surface area contributed by atoms with Gasteiger partial charge in [-0.1, -0.05) is 12.1 Å². The Bertz CT molecular complexity index is 1050. The van der Waals surface area contributed by atoms with Crippen molar-refractivity contribution in [3.63, 3.8) is 0 Å². The number of thioether (sulfide) groups is 1. The molecule has 0 saturated carbocycles. The molecule has 0 spiro atoms. The quantitative estimate of drug-likeness (QED) is 0.476. The number of hydrogen-bond donors (Lipinski definition) is 1. The number of rotatable bonds is 8. The lowest BCUT2D eigenvalue weighted by molar-refractivity contribution is -0.123. The second-order valence-electron chi connectivity index (χ2n) is 6.70. The number of esters is 1. The zero-order chi connectivity index (χ0) is 23.1. The molecule has 166 valence electrons. The van der Waals surface area contributed by atoms with Gasteiger partial charge < -0.3 is 14.8 Å². The molecule has 2 aromatic rings. The van der Waals surface area contributed by atoms with Gasteiger partial charge in [0.1, 0.15) is 5.75 Å². The molecule has 1 heterocycles. The fraction of sp³-hybridized carbons (Fsp3) is 0.217. The van der Waals surface area contributed by atoms with Crippen molar-refractivity contribution >= 4 is 46.5 Å². The summed E-state index contributed by atoms with van der Waals surface area (Å²) in [6, 6.07) is 13.4. The molecule has 1 aliphatic heterocycles. The van der Waals surface area contributed by atoms with Crippen LogP contribution < -0.4 is 10.1 Å². The molecule has 8 nitrogen and oxygen atoms in total. The Morgan fingerprint density at radius 3 is 2.38 bits per heavy atom. The molecule has 1 N–H and O–H groups in total. The molecule has 0 atom stereocenters. The van der Waals surface area contributed by atoms with Crippen molar-refractivity contribution in [3.8, 4) is 5.75 Å². The van der Waals surface area contributed by atoms with Crippen molar-refractivity contribution in [2.75, 3.05) is 25.6 Å². The van der Waals surface area contributed by atoms with Crippen LogP contribution in [-0.4, -0.2) is 48.2 Å². The Morgan fingerprint density at radius 1 is 1.06 bits per heavy atom.